The van der Waals surface area contributed by atoms with Gasteiger partial charge in [0.2, 0.25) is 0 Å². The van der Waals surface area contributed by atoms with Crippen molar-refractivity contribution in [1.82, 2.24) is 0 Å². The Morgan fingerprint density at radius 1 is 0.533 bits per heavy atom. The molecule has 2 heteroatoms. The topological polar surface area (TPSA) is 36.1 Å². The van der Waals surface area contributed by atoms with E-state index in [1.54, 1.807) is 0 Å². The standard InChI is InChI=1S/C43H30N2/c1-29(32-10-4-3-5-11-32)45-30(2)33-20-22-35(23-21-33)42-26-36-12-6-7-13-37(36)27-43(42)41-25-24-38(39-14-8-9-15-40(39)41)34-18-16-31(28-44)17-19-34/h3-27H,1H2,2H3. The fourth-order valence-corrected chi connectivity index (χ4v) is 6.07. The van der Waals surface area contributed by atoms with Crippen LogP contribution in [0.4, 0.5) is 0 Å². The summed E-state index contributed by atoms with van der Waals surface area (Å²) >= 11 is 0. The van der Waals surface area contributed by atoms with Crippen molar-refractivity contribution in [2.24, 2.45) is 4.99 Å². The second-order valence-corrected chi connectivity index (χ2v) is 11.2. The average Bonchev–Trinajstić information content (AvgIpc) is 3.11. The van der Waals surface area contributed by atoms with Gasteiger partial charge in [0.15, 0.2) is 0 Å². The molecule has 0 fully saturated rings. The van der Waals surface area contributed by atoms with Crippen LogP contribution in [0.1, 0.15) is 23.6 Å². The van der Waals surface area contributed by atoms with Crippen molar-refractivity contribution in [3.8, 4) is 39.4 Å². The predicted octanol–water partition coefficient (Wildman–Crippen LogP) is 11.3. The first-order chi connectivity index (χ1) is 22.1. The van der Waals surface area contributed by atoms with Crippen LogP contribution in [0.5, 0.6) is 0 Å². The molecule has 0 radical (unpaired) electrons. The van der Waals surface area contributed by atoms with Crippen molar-refractivity contribution >= 4 is 33.0 Å². The third-order valence-electron chi connectivity index (χ3n) is 8.45. The van der Waals surface area contributed by atoms with Crippen LogP contribution in [0.25, 0.3) is 60.6 Å². The Kier molecular flexibility index (Phi) is 7.36. The molecule has 7 rings (SSSR count). The van der Waals surface area contributed by atoms with Gasteiger partial charge in [-0.2, -0.15) is 5.26 Å². The van der Waals surface area contributed by atoms with E-state index in [1.165, 1.54) is 38.2 Å². The van der Waals surface area contributed by atoms with Crippen LogP contribution in [0.15, 0.2) is 163 Å². The first kappa shape index (κ1) is 27.8. The summed E-state index contributed by atoms with van der Waals surface area (Å²) in [5.41, 5.74) is 11.4. The molecular weight excluding hydrogens is 544 g/mol. The lowest BCUT2D eigenvalue weighted by Crippen LogP contribution is -1.96. The van der Waals surface area contributed by atoms with E-state index in [0.717, 1.165) is 39.2 Å². The number of hydrogen-bond donors (Lipinski definition) is 0. The highest BCUT2D eigenvalue weighted by molar-refractivity contribution is 6.09. The minimum atomic E-state index is 0.661. The number of nitriles is 1. The minimum Gasteiger partial charge on any atom is -0.253 e. The van der Waals surface area contributed by atoms with Crippen LogP contribution >= 0.6 is 0 Å². The van der Waals surface area contributed by atoms with Crippen LogP contribution < -0.4 is 0 Å². The molecule has 0 aliphatic heterocycles. The molecule has 0 aromatic heterocycles. The van der Waals surface area contributed by atoms with Crippen molar-refractivity contribution < 1.29 is 0 Å². The quantitative estimate of drug-likeness (QED) is 0.182. The normalized spacial score (nSPS) is 11.4. The third-order valence-corrected chi connectivity index (χ3v) is 8.45. The van der Waals surface area contributed by atoms with E-state index < -0.39 is 0 Å². The molecular formula is C43H30N2. The Labute approximate surface area is 263 Å². The predicted molar refractivity (Wildman–Crippen MR) is 190 cm³/mol. The van der Waals surface area contributed by atoms with Gasteiger partial charge in [-0.3, -0.25) is 4.99 Å². The van der Waals surface area contributed by atoms with Crippen molar-refractivity contribution in [2.75, 3.05) is 0 Å². The molecule has 0 unspecified atom stereocenters. The number of benzene rings is 7. The SMILES string of the molecule is C=C(N=C(C)c1ccc(-c2cc3ccccc3cc2-c2ccc(-c3ccc(C#N)cc3)c3ccccc23)cc1)c1ccccc1. The Morgan fingerprint density at radius 2 is 1.07 bits per heavy atom. The van der Waals surface area contributed by atoms with Crippen LogP contribution in [0.3, 0.4) is 0 Å². The largest absolute Gasteiger partial charge is 0.253 e. The molecule has 212 valence electrons. The number of aliphatic imine (C=N–C) groups is 1. The smallest absolute Gasteiger partial charge is 0.0991 e. The lowest BCUT2D eigenvalue weighted by molar-refractivity contribution is 1.48. The van der Waals surface area contributed by atoms with E-state index in [9.17, 15) is 5.26 Å². The molecule has 45 heavy (non-hydrogen) atoms. The highest BCUT2D eigenvalue weighted by atomic mass is 14.7. The summed E-state index contributed by atoms with van der Waals surface area (Å²) in [7, 11) is 0. The minimum absolute atomic E-state index is 0.661. The molecule has 0 saturated carbocycles. The molecule has 0 amide bonds. The van der Waals surface area contributed by atoms with E-state index in [0.29, 0.717) is 5.56 Å². The molecule has 0 spiro atoms. The summed E-state index contributed by atoms with van der Waals surface area (Å²) < 4.78 is 0. The maximum absolute atomic E-state index is 9.29. The number of fused-ring (bicyclic) bond motifs is 2. The highest BCUT2D eigenvalue weighted by Gasteiger charge is 2.15. The van der Waals surface area contributed by atoms with Crippen molar-refractivity contribution in [3.63, 3.8) is 0 Å². The summed E-state index contributed by atoms with van der Waals surface area (Å²) in [6.45, 7) is 6.22. The Hall–Kier alpha value is -6.04. The van der Waals surface area contributed by atoms with E-state index in [4.69, 9.17) is 4.99 Å². The molecule has 0 saturated heterocycles. The second-order valence-electron chi connectivity index (χ2n) is 11.2. The lowest BCUT2D eigenvalue weighted by atomic mass is 9.87. The third kappa shape index (κ3) is 5.44. The number of nitrogens with zero attached hydrogens (tertiary/aromatic N) is 2. The van der Waals surface area contributed by atoms with Gasteiger partial charge >= 0.3 is 0 Å². The zero-order valence-corrected chi connectivity index (χ0v) is 25.0. The zero-order chi connectivity index (χ0) is 30.8. The maximum Gasteiger partial charge on any atom is 0.0991 e. The van der Waals surface area contributed by atoms with Crippen molar-refractivity contribution in [3.05, 3.63) is 175 Å². The molecule has 7 aromatic carbocycles. The van der Waals surface area contributed by atoms with Crippen LogP contribution in [0.2, 0.25) is 0 Å². The summed E-state index contributed by atoms with van der Waals surface area (Å²) in [5.74, 6) is 0. The van der Waals surface area contributed by atoms with Crippen molar-refractivity contribution in [1.29, 1.82) is 5.26 Å². The second kappa shape index (κ2) is 11.9. The first-order valence-corrected chi connectivity index (χ1v) is 15.0. The van der Waals surface area contributed by atoms with Gasteiger partial charge < -0.3 is 0 Å². The summed E-state index contributed by atoms with van der Waals surface area (Å²) in [6.07, 6.45) is 0. The van der Waals surface area contributed by atoms with Crippen LogP contribution in [-0.2, 0) is 0 Å². The van der Waals surface area contributed by atoms with Crippen LogP contribution in [-0.4, -0.2) is 5.71 Å². The summed E-state index contributed by atoms with van der Waals surface area (Å²) in [4.78, 5) is 4.81. The fourth-order valence-electron chi connectivity index (χ4n) is 6.07. The van der Waals surface area contributed by atoms with Gasteiger partial charge in [-0.05, 0) is 97.2 Å². The van der Waals surface area contributed by atoms with Gasteiger partial charge in [0.05, 0.1) is 17.3 Å². The summed E-state index contributed by atoms with van der Waals surface area (Å²) in [6, 6.07) is 55.0. The van der Waals surface area contributed by atoms with Gasteiger partial charge in [0.25, 0.3) is 0 Å². The molecule has 0 N–H and O–H groups in total. The summed E-state index contributed by atoms with van der Waals surface area (Å²) in [5, 5.41) is 14.1. The van der Waals surface area contributed by atoms with Gasteiger partial charge in [-0.25, -0.2) is 0 Å². The molecule has 2 nitrogen and oxygen atoms in total. The molecule has 0 heterocycles. The van der Waals surface area contributed by atoms with E-state index in [-0.39, 0.29) is 0 Å². The number of hydrogen-bond acceptors (Lipinski definition) is 2. The monoisotopic (exact) mass is 574 g/mol. The zero-order valence-electron chi connectivity index (χ0n) is 25.0. The Morgan fingerprint density at radius 3 is 1.73 bits per heavy atom. The fraction of sp³-hybridized carbons (Fsp3) is 0.0233. The highest BCUT2D eigenvalue weighted by Crippen LogP contribution is 2.41. The van der Waals surface area contributed by atoms with Gasteiger partial charge in [-0.15, -0.1) is 0 Å². The number of rotatable bonds is 6. The molecule has 0 aliphatic rings. The first-order valence-electron chi connectivity index (χ1n) is 15.0. The molecule has 0 atom stereocenters. The van der Waals surface area contributed by atoms with Crippen LogP contribution in [0, 0.1) is 11.3 Å². The molecule has 7 aromatic rings. The van der Waals surface area contributed by atoms with E-state index >= 15 is 0 Å². The molecule has 0 aliphatic carbocycles. The van der Waals surface area contributed by atoms with Gasteiger partial charge in [-0.1, -0.05) is 134 Å². The van der Waals surface area contributed by atoms with Crippen molar-refractivity contribution in [2.45, 2.75) is 6.92 Å². The maximum atomic E-state index is 9.29. The van der Waals surface area contributed by atoms with E-state index in [2.05, 4.69) is 110 Å². The average molecular weight is 575 g/mol. The van der Waals surface area contributed by atoms with E-state index in [1.807, 2.05) is 61.5 Å². The Bertz CT molecular complexity index is 2270. The Balaban J connectivity index is 1.34. The lowest BCUT2D eigenvalue weighted by Gasteiger charge is -2.17. The van der Waals surface area contributed by atoms with Gasteiger partial charge in [0, 0.05) is 5.71 Å². The van der Waals surface area contributed by atoms with Gasteiger partial charge in [0.1, 0.15) is 0 Å². The molecule has 0 bridgehead atoms.